The Morgan fingerprint density at radius 2 is 0.750 bits per heavy atom. The molecule has 2 aromatic heterocycles. The van der Waals surface area contributed by atoms with Crippen molar-refractivity contribution in [1.82, 2.24) is 0 Å². The molecule has 1 aromatic carbocycles. The number of rotatable bonds is 32. The van der Waals surface area contributed by atoms with Crippen molar-refractivity contribution in [2.24, 2.45) is 11.8 Å². The molecule has 3 aromatic rings. The highest BCUT2D eigenvalue weighted by atomic mass is 79.9. The monoisotopic (exact) mass is 878 g/mol. The van der Waals surface area contributed by atoms with Gasteiger partial charge in [0, 0.05) is 44.1 Å². The van der Waals surface area contributed by atoms with E-state index in [4.69, 9.17) is 0 Å². The van der Waals surface area contributed by atoms with Crippen LogP contribution in [0.5, 0.6) is 0 Å². The number of carbonyl (C=O) groups is 2. The van der Waals surface area contributed by atoms with Gasteiger partial charge in [0.05, 0.1) is 7.57 Å². The molecule has 2 nitrogen and oxygen atoms in total. The Morgan fingerprint density at radius 3 is 1.08 bits per heavy atom. The number of benzene rings is 1. The summed E-state index contributed by atoms with van der Waals surface area (Å²) in [6, 6.07) is 4.23. The van der Waals surface area contributed by atoms with Crippen molar-refractivity contribution < 1.29 is 9.59 Å². The van der Waals surface area contributed by atoms with Gasteiger partial charge in [0.1, 0.15) is 0 Å². The summed E-state index contributed by atoms with van der Waals surface area (Å²) in [5, 5.41) is 1.95. The number of hydrogen-bond acceptors (Lipinski definition) is 4. The Labute approximate surface area is 343 Å². The lowest BCUT2D eigenvalue weighted by atomic mass is 9.87. The molecule has 0 fully saturated rings. The van der Waals surface area contributed by atoms with Gasteiger partial charge in [-0.3, -0.25) is 9.59 Å². The largest absolute Gasteiger partial charge is 0.294 e. The van der Waals surface area contributed by atoms with Gasteiger partial charge in [-0.1, -0.05) is 182 Å². The fourth-order valence-corrected chi connectivity index (χ4v) is 11.6. The standard InChI is InChI=1S/C46H72Br2O2S2/c1-5-9-13-17-19-23-27-35(25-21-15-11-7-3)29-31-39(49)43-37-33-41(47)52-46(37)44(38-34-42(48)51-45(38)43)40(50)32-30-36(26-22-16-12-8-4)28-24-20-18-14-10-6-2/h33-36H,5-32H2,1-4H3. The van der Waals surface area contributed by atoms with E-state index in [2.05, 4.69) is 71.7 Å². The summed E-state index contributed by atoms with van der Waals surface area (Å²) in [5.74, 6) is 1.74. The molecule has 52 heavy (non-hydrogen) atoms. The zero-order valence-corrected chi connectivity index (χ0v) is 38.3. The van der Waals surface area contributed by atoms with Crippen molar-refractivity contribution in [2.45, 2.75) is 207 Å². The van der Waals surface area contributed by atoms with Crippen molar-refractivity contribution in [3.05, 3.63) is 30.8 Å². The SMILES string of the molecule is CCCCCCCCC(CCCCCC)CCC(=O)c1c2cc(Br)sc2c(C(=O)CCC(CCCCCC)CCCCCCCC)c2cc(Br)sc12. The average molecular weight is 881 g/mol. The minimum absolute atomic E-state index is 0.251. The van der Waals surface area contributed by atoms with Crippen LogP contribution < -0.4 is 0 Å². The van der Waals surface area contributed by atoms with Crippen LogP contribution in [0.4, 0.5) is 0 Å². The predicted octanol–water partition coefficient (Wildman–Crippen LogP) is 18.2. The summed E-state index contributed by atoms with van der Waals surface area (Å²) in [6.45, 7) is 9.12. The van der Waals surface area contributed by atoms with Crippen LogP contribution in [-0.4, -0.2) is 11.6 Å². The third-order valence-electron chi connectivity index (χ3n) is 11.4. The number of thiophene rings is 2. The van der Waals surface area contributed by atoms with Crippen LogP contribution >= 0.6 is 54.5 Å². The van der Waals surface area contributed by atoms with Crippen LogP contribution in [0.3, 0.4) is 0 Å². The van der Waals surface area contributed by atoms with E-state index in [1.807, 2.05) is 0 Å². The molecule has 0 aliphatic heterocycles. The molecule has 0 saturated carbocycles. The maximum Gasteiger partial charge on any atom is 0.164 e. The Kier molecular flexibility index (Phi) is 23.9. The Hall–Kier alpha value is -0.560. The fourth-order valence-electron chi connectivity index (χ4n) is 8.20. The van der Waals surface area contributed by atoms with E-state index >= 15 is 0 Å². The summed E-state index contributed by atoms with van der Waals surface area (Å²) in [4.78, 5) is 28.7. The molecule has 3 rings (SSSR count). The van der Waals surface area contributed by atoms with E-state index in [-0.39, 0.29) is 11.6 Å². The third-order valence-corrected chi connectivity index (χ3v) is 14.7. The molecule has 0 spiro atoms. The maximum atomic E-state index is 14.3. The number of carbonyl (C=O) groups excluding carboxylic acids is 2. The molecule has 0 amide bonds. The van der Waals surface area contributed by atoms with Crippen LogP contribution in [0.15, 0.2) is 19.7 Å². The molecule has 0 radical (unpaired) electrons. The van der Waals surface area contributed by atoms with Crippen LogP contribution in [0.25, 0.3) is 20.2 Å². The van der Waals surface area contributed by atoms with E-state index in [1.165, 1.54) is 154 Å². The lowest BCUT2D eigenvalue weighted by molar-refractivity contribution is 0.0965. The zero-order valence-electron chi connectivity index (χ0n) is 33.5. The van der Waals surface area contributed by atoms with Crippen molar-refractivity contribution >= 4 is 86.3 Å². The maximum absolute atomic E-state index is 14.3. The first-order valence-electron chi connectivity index (χ1n) is 21.7. The number of unbranched alkanes of at least 4 members (excludes halogenated alkanes) is 16. The molecular weight excluding hydrogens is 808 g/mol. The predicted molar refractivity (Wildman–Crippen MR) is 240 cm³/mol. The first-order chi connectivity index (χ1) is 25.3. The van der Waals surface area contributed by atoms with Gasteiger partial charge in [0.25, 0.3) is 0 Å². The molecule has 2 atom stereocenters. The van der Waals surface area contributed by atoms with Crippen LogP contribution in [0.2, 0.25) is 0 Å². The molecule has 0 saturated heterocycles. The van der Waals surface area contributed by atoms with E-state index in [9.17, 15) is 9.59 Å². The first kappa shape index (κ1) is 45.8. The highest BCUT2D eigenvalue weighted by molar-refractivity contribution is 9.11. The number of halogens is 2. The summed E-state index contributed by atoms with van der Waals surface area (Å²) in [5.41, 5.74) is 1.70. The van der Waals surface area contributed by atoms with Gasteiger partial charge in [-0.25, -0.2) is 0 Å². The molecule has 6 heteroatoms. The molecule has 2 unspecified atom stereocenters. The second-order valence-corrected chi connectivity index (χ2v) is 20.7. The molecule has 2 heterocycles. The Morgan fingerprint density at radius 1 is 0.462 bits per heavy atom. The first-order valence-corrected chi connectivity index (χ1v) is 25.0. The van der Waals surface area contributed by atoms with Crippen LogP contribution in [0.1, 0.15) is 228 Å². The summed E-state index contributed by atoms with van der Waals surface area (Å²) < 4.78 is 3.99. The second kappa shape index (κ2) is 27.1. The van der Waals surface area contributed by atoms with E-state index in [0.29, 0.717) is 24.7 Å². The molecule has 0 bridgehead atoms. The van der Waals surface area contributed by atoms with Gasteiger partial charge in [-0.2, -0.15) is 0 Å². The molecule has 0 aliphatic rings. The van der Waals surface area contributed by atoms with Gasteiger partial charge in [-0.05, 0) is 68.7 Å². The van der Waals surface area contributed by atoms with Crippen molar-refractivity contribution in [3.63, 3.8) is 0 Å². The van der Waals surface area contributed by atoms with Gasteiger partial charge in [0.2, 0.25) is 0 Å². The van der Waals surface area contributed by atoms with E-state index < -0.39 is 0 Å². The second-order valence-electron chi connectivity index (χ2n) is 15.8. The highest BCUT2D eigenvalue weighted by Crippen LogP contribution is 2.45. The van der Waals surface area contributed by atoms with E-state index in [1.54, 1.807) is 22.7 Å². The number of Topliss-reactive ketones (excluding diaryl/α,β-unsaturated/α-hetero) is 2. The third kappa shape index (κ3) is 15.9. The lowest BCUT2D eigenvalue weighted by Gasteiger charge is -2.18. The normalized spacial score (nSPS) is 13.0. The van der Waals surface area contributed by atoms with Gasteiger partial charge in [-0.15, -0.1) is 22.7 Å². The minimum atomic E-state index is 0.251. The van der Waals surface area contributed by atoms with Crippen molar-refractivity contribution in [2.75, 3.05) is 0 Å². The van der Waals surface area contributed by atoms with Gasteiger partial charge in [0.15, 0.2) is 11.6 Å². The van der Waals surface area contributed by atoms with Crippen molar-refractivity contribution in [1.29, 1.82) is 0 Å². The molecule has 0 aliphatic carbocycles. The molecule has 294 valence electrons. The quantitative estimate of drug-likeness (QED) is 0.0462. The molecular formula is C46H72Br2O2S2. The number of fused-ring (bicyclic) bond motifs is 2. The lowest BCUT2D eigenvalue weighted by Crippen LogP contribution is -2.09. The van der Waals surface area contributed by atoms with Gasteiger partial charge < -0.3 is 0 Å². The number of hydrogen-bond donors (Lipinski definition) is 0. The number of ketones is 2. The Bertz CT molecular complexity index is 1280. The van der Waals surface area contributed by atoms with E-state index in [0.717, 1.165) is 51.7 Å². The van der Waals surface area contributed by atoms with Crippen LogP contribution in [-0.2, 0) is 0 Å². The Balaban J connectivity index is 1.78. The summed E-state index contributed by atoms with van der Waals surface area (Å²) >= 11 is 10.8. The zero-order chi connectivity index (χ0) is 37.6. The van der Waals surface area contributed by atoms with Crippen LogP contribution in [0, 0.1) is 11.8 Å². The van der Waals surface area contributed by atoms with Crippen molar-refractivity contribution in [3.8, 4) is 0 Å². The smallest absolute Gasteiger partial charge is 0.164 e. The molecule has 0 N–H and O–H groups in total. The summed E-state index contributed by atoms with van der Waals surface area (Å²) in [7, 11) is 0. The topological polar surface area (TPSA) is 34.1 Å². The highest BCUT2D eigenvalue weighted by Gasteiger charge is 2.27. The minimum Gasteiger partial charge on any atom is -0.294 e. The fraction of sp³-hybridized carbons (Fsp3) is 0.739. The van der Waals surface area contributed by atoms with Gasteiger partial charge >= 0.3 is 0 Å². The summed E-state index contributed by atoms with van der Waals surface area (Å²) in [6.07, 6.45) is 34.3. The average Bonchev–Trinajstić information content (AvgIpc) is 3.71.